The van der Waals surface area contributed by atoms with Crippen molar-refractivity contribution in [2.75, 3.05) is 18.4 Å². The zero-order valence-electron chi connectivity index (χ0n) is 15.5. The van der Waals surface area contributed by atoms with Crippen molar-refractivity contribution in [2.24, 2.45) is 5.92 Å². The van der Waals surface area contributed by atoms with Crippen LogP contribution in [0.4, 0.5) is 5.69 Å². The maximum atomic E-state index is 12.6. The molecule has 3 nitrogen and oxygen atoms in total. The second kappa shape index (κ2) is 8.83. The lowest BCUT2D eigenvalue weighted by Crippen LogP contribution is -2.37. The average molecular weight is 415 g/mol. The number of piperidine rings is 1. The van der Waals surface area contributed by atoms with E-state index in [0.29, 0.717) is 5.92 Å². The van der Waals surface area contributed by atoms with Gasteiger partial charge in [-0.15, -0.1) is 0 Å². The van der Waals surface area contributed by atoms with Crippen LogP contribution in [0.15, 0.2) is 53.0 Å². The molecule has 4 heteroatoms. The molecular weight excluding hydrogens is 388 g/mol. The highest BCUT2D eigenvalue weighted by Gasteiger charge is 2.25. The second-order valence-corrected chi connectivity index (χ2v) is 8.36. The fourth-order valence-corrected chi connectivity index (χ4v) is 3.89. The van der Waals surface area contributed by atoms with Gasteiger partial charge in [-0.2, -0.15) is 0 Å². The molecule has 1 heterocycles. The van der Waals surface area contributed by atoms with Crippen molar-refractivity contribution in [1.29, 1.82) is 0 Å². The number of carbonyl (C=O) groups excluding carboxylic acids is 1. The SMILES string of the molecule is CC(C)c1ccc(NC(=O)C2CCN(Cc3cccc(Br)c3)CC2)cc1. The van der Waals surface area contributed by atoms with Crippen LogP contribution in [0.2, 0.25) is 0 Å². The van der Waals surface area contributed by atoms with E-state index in [9.17, 15) is 4.79 Å². The standard InChI is InChI=1S/C22H27BrN2O/c1-16(2)18-6-8-21(9-7-18)24-22(26)19-10-12-25(13-11-19)15-17-4-3-5-20(23)14-17/h3-9,14,16,19H,10-13,15H2,1-2H3,(H,24,26). The summed E-state index contributed by atoms with van der Waals surface area (Å²) in [7, 11) is 0. The highest BCUT2D eigenvalue weighted by molar-refractivity contribution is 9.10. The van der Waals surface area contributed by atoms with Crippen molar-refractivity contribution in [3.63, 3.8) is 0 Å². The van der Waals surface area contributed by atoms with Crippen LogP contribution < -0.4 is 5.32 Å². The number of carbonyl (C=O) groups is 1. The van der Waals surface area contributed by atoms with Gasteiger partial charge in [-0.25, -0.2) is 0 Å². The zero-order chi connectivity index (χ0) is 18.5. The molecule has 138 valence electrons. The minimum Gasteiger partial charge on any atom is -0.326 e. The summed E-state index contributed by atoms with van der Waals surface area (Å²) in [6.07, 6.45) is 1.84. The van der Waals surface area contributed by atoms with E-state index in [-0.39, 0.29) is 11.8 Å². The van der Waals surface area contributed by atoms with Crippen LogP contribution in [0.1, 0.15) is 43.7 Å². The van der Waals surface area contributed by atoms with Gasteiger partial charge in [0.25, 0.3) is 0 Å². The molecule has 3 rings (SSSR count). The Morgan fingerprint density at radius 1 is 1.15 bits per heavy atom. The Labute approximate surface area is 164 Å². The van der Waals surface area contributed by atoms with E-state index in [1.54, 1.807) is 0 Å². The van der Waals surface area contributed by atoms with E-state index in [0.717, 1.165) is 42.6 Å². The first-order valence-electron chi connectivity index (χ1n) is 9.39. The molecule has 1 saturated heterocycles. The lowest BCUT2D eigenvalue weighted by Gasteiger charge is -2.31. The fourth-order valence-electron chi connectivity index (χ4n) is 3.44. The van der Waals surface area contributed by atoms with Crippen molar-refractivity contribution < 1.29 is 4.79 Å². The van der Waals surface area contributed by atoms with Crippen LogP contribution in [0, 0.1) is 5.92 Å². The van der Waals surface area contributed by atoms with Crippen LogP contribution in [-0.2, 0) is 11.3 Å². The van der Waals surface area contributed by atoms with Gasteiger partial charge in [-0.05, 0) is 67.2 Å². The Bertz CT molecular complexity index is 734. The summed E-state index contributed by atoms with van der Waals surface area (Å²) in [4.78, 5) is 15.0. The Morgan fingerprint density at radius 3 is 2.46 bits per heavy atom. The monoisotopic (exact) mass is 414 g/mol. The van der Waals surface area contributed by atoms with Crippen LogP contribution in [0.25, 0.3) is 0 Å². The maximum Gasteiger partial charge on any atom is 0.227 e. The molecule has 1 N–H and O–H groups in total. The summed E-state index contributed by atoms with van der Waals surface area (Å²) < 4.78 is 1.12. The molecule has 0 aromatic heterocycles. The van der Waals surface area contributed by atoms with Gasteiger partial charge in [-0.1, -0.05) is 54.0 Å². The number of rotatable bonds is 5. The summed E-state index contributed by atoms with van der Waals surface area (Å²) in [5.74, 6) is 0.775. The van der Waals surface area contributed by atoms with E-state index in [2.05, 4.69) is 70.3 Å². The molecule has 1 amide bonds. The predicted octanol–water partition coefficient (Wildman–Crippen LogP) is 5.42. The Morgan fingerprint density at radius 2 is 1.85 bits per heavy atom. The second-order valence-electron chi connectivity index (χ2n) is 7.45. The quantitative estimate of drug-likeness (QED) is 0.707. The summed E-state index contributed by atoms with van der Waals surface area (Å²) >= 11 is 3.53. The smallest absolute Gasteiger partial charge is 0.227 e. The highest BCUT2D eigenvalue weighted by Crippen LogP contribution is 2.23. The van der Waals surface area contributed by atoms with Gasteiger partial charge >= 0.3 is 0 Å². The first-order chi connectivity index (χ1) is 12.5. The number of likely N-dealkylation sites (tertiary alicyclic amines) is 1. The van der Waals surface area contributed by atoms with Gasteiger partial charge in [0.15, 0.2) is 0 Å². The number of nitrogens with one attached hydrogen (secondary N) is 1. The minimum atomic E-state index is 0.110. The lowest BCUT2D eigenvalue weighted by atomic mass is 9.95. The molecule has 1 aliphatic rings. The number of hydrogen-bond donors (Lipinski definition) is 1. The lowest BCUT2D eigenvalue weighted by molar-refractivity contribution is -0.121. The fraction of sp³-hybridized carbons (Fsp3) is 0.409. The topological polar surface area (TPSA) is 32.3 Å². The third kappa shape index (κ3) is 5.18. The molecule has 0 aliphatic carbocycles. The third-order valence-electron chi connectivity index (χ3n) is 5.10. The minimum absolute atomic E-state index is 0.110. The van der Waals surface area contributed by atoms with Gasteiger partial charge in [0.05, 0.1) is 0 Å². The van der Waals surface area contributed by atoms with Gasteiger partial charge in [0.2, 0.25) is 5.91 Å². The summed E-state index contributed by atoms with van der Waals surface area (Å²) in [5, 5.41) is 3.09. The molecule has 0 saturated carbocycles. The van der Waals surface area contributed by atoms with Gasteiger partial charge in [0.1, 0.15) is 0 Å². The van der Waals surface area contributed by atoms with Crippen molar-refractivity contribution in [3.8, 4) is 0 Å². The van der Waals surface area contributed by atoms with Crippen molar-refractivity contribution >= 4 is 27.5 Å². The van der Waals surface area contributed by atoms with E-state index < -0.39 is 0 Å². The molecule has 1 fully saturated rings. The molecular formula is C22H27BrN2O. The zero-order valence-corrected chi connectivity index (χ0v) is 17.1. The molecule has 0 spiro atoms. The van der Waals surface area contributed by atoms with E-state index in [1.807, 2.05) is 18.2 Å². The Hall–Kier alpha value is -1.65. The van der Waals surface area contributed by atoms with Crippen LogP contribution in [0.5, 0.6) is 0 Å². The highest BCUT2D eigenvalue weighted by atomic mass is 79.9. The number of benzene rings is 2. The third-order valence-corrected chi connectivity index (χ3v) is 5.59. The Balaban J connectivity index is 1.48. The number of amides is 1. The van der Waals surface area contributed by atoms with E-state index >= 15 is 0 Å². The molecule has 0 atom stereocenters. The molecule has 26 heavy (non-hydrogen) atoms. The molecule has 2 aromatic carbocycles. The van der Waals surface area contributed by atoms with Gasteiger partial charge in [0, 0.05) is 22.6 Å². The van der Waals surface area contributed by atoms with Gasteiger partial charge < -0.3 is 5.32 Å². The number of hydrogen-bond acceptors (Lipinski definition) is 2. The normalized spacial score (nSPS) is 16.0. The van der Waals surface area contributed by atoms with E-state index in [1.165, 1.54) is 11.1 Å². The summed E-state index contributed by atoms with van der Waals surface area (Å²) in [6, 6.07) is 16.7. The van der Waals surface area contributed by atoms with Crippen molar-refractivity contribution in [1.82, 2.24) is 4.90 Å². The van der Waals surface area contributed by atoms with Crippen LogP contribution in [-0.4, -0.2) is 23.9 Å². The van der Waals surface area contributed by atoms with Gasteiger partial charge in [-0.3, -0.25) is 9.69 Å². The number of nitrogens with zero attached hydrogens (tertiary/aromatic N) is 1. The van der Waals surface area contributed by atoms with Crippen LogP contribution in [0.3, 0.4) is 0 Å². The summed E-state index contributed by atoms with van der Waals surface area (Å²) in [5.41, 5.74) is 3.51. The molecule has 0 radical (unpaired) electrons. The van der Waals surface area contributed by atoms with Crippen molar-refractivity contribution in [3.05, 3.63) is 64.1 Å². The first-order valence-corrected chi connectivity index (χ1v) is 10.2. The summed E-state index contributed by atoms with van der Waals surface area (Å²) in [6.45, 7) is 7.24. The molecule has 2 aromatic rings. The first kappa shape index (κ1) is 19.1. The van der Waals surface area contributed by atoms with E-state index in [4.69, 9.17) is 0 Å². The van der Waals surface area contributed by atoms with Crippen molar-refractivity contribution in [2.45, 2.75) is 39.2 Å². The average Bonchev–Trinajstić information content (AvgIpc) is 2.63. The number of halogens is 1. The molecule has 0 unspecified atom stereocenters. The predicted molar refractivity (Wildman–Crippen MR) is 111 cm³/mol. The molecule has 1 aliphatic heterocycles. The van der Waals surface area contributed by atoms with Crippen LogP contribution >= 0.6 is 15.9 Å². The Kier molecular flexibility index (Phi) is 6.49. The maximum absolute atomic E-state index is 12.6. The largest absolute Gasteiger partial charge is 0.326 e. The molecule has 0 bridgehead atoms. The number of anilines is 1.